The Bertz CT molecular complexity index is 934. The van der Waals surface area contributed by atoms with Gasteiger partial charge in [0.1, 0.15) is 5.65 Å². The van der Waals surface area contributed by atoms with Crippen molar-refractivity contribution in [2.45, 2.75) is 26.7 Å². The molecule has 2 N–H and O–H groups in total. The van der Waals surface area contributed by atoms with Crippen molar-refractivity contribution >= 4 is 28.3 Å². The van der Waals surface area contributed by atoms with Gasteiger partial charge in [-0.2, -0.15) is 0 Å². The van der Waals surface area contributed by atoms with E-state index in [0.29, 0.717) is 11.5 Å². The van der Waals surface area contributed by atoms with Crippen molar-refractivity contribution in [1.82, 2.24) is 15.0 Å². The smallest absolute Gasteiger partial charge is 0.257 e. The molecule has 134 valence electrons. The molecule has 1 saturated heterocycles. The third-order valence-electron chi connectivity index (χ3n) is 5.00. The summed E-state index contributed by atoms with van der Waals surface area (Å²) >= 11 is 0. The first-order chi connectivity index (χ1) is 12.6. The van der Waals surface area contributed by atoms with Crippen LogP contribution in [0.4, 0.5) is 11.4 Å². The zero-order valence-corrected chi connectivity index (χ0v) is 15.1. The topological polar surface area (TPSA) is 73.9 Å². The number of nitrogens with zero attached hydrogens (tertiary/aromatic N) is 3. The number of piperidine rings is 1. The zero-order chi connectivity index (χ0) is 18.1. The van der Waals surface area contributed by atoms with Gasteiger partial charge >= 0.3 is 0 Å². The molecule has 0 radical (unpaired) electrons. The Labute approximate surface area is 152 Å². The molecule has 0 unspecified atom stereocenters. The molecular formula is C20H23N5O. The highest BCUT2D eigenvalue weighted by molar-refractivity contribution is 6.11. The highest BCUT2D eigenvalue weighted by Gasteiger charge is 2.23. The molecule has 1 aliphatic heterocycles. The van der Waals surface area contributed by atoms with E-state index in [1.165, 1.54) is 18.5 Å². The molecule has 1 amide bonds. The number of aromatic nitrogens is 3. The number of rotatable bonds is 3. The Balaban J connectivity index is 1.74. The fourth-order valence-electron chi connectivity index (χ4n) is 3.76. The number of fused-ring (bicyclic) bond motifs is 1. The van der Waals surface area contributed by atoms with E-state index in [2.05, 4.69) is 39.0 Å². The zero-order valence-electron chi connectivity index (χ0n) is 15.1. The van der Waals surface area contributed by atoms with Crippen LogP contribution in [0.3, 0.4) is 0 Å². The Kier molecular flexibility index (Phi) is 4.32. The number of anilines is 2. The van der Waals surface area contributed by atoms with Crippen LogP contribution < -0.4 is 10.2 Å². The standard InChI is InChI=1S/C20H23N5O/c1-13-5-4-8-25(12-13)18-14(2)9-22-19-17(18)16(11-23-19)24-20(26)15-6-3-7-21-10-15/h3,6-7,9-11,13H,4-5,8,12H2,1-2H3,(H,22,23)(H,24,26)/t13-/m1/s1. The normalized spacial score (nSPS) is 17.5. The number of aryl methyl sites for hydroxylation is 1. The van der Waals surface area contributed by atoms with E-state index >= 15 is 0 Å². The third-order valence-corrected chi connectivity index (χ3v) is 5.00. The van der Waals surface area contributed by atoms with Crippen LogP contribution in [0.25, 0.3) is 11.0 Å². The van der Waals surface area contributed by atoms with E-state index in [0.717, 1.165) is 35.4 Å². The predicted octanol–water partition coefficient (Wildman–Crippen LogP) is 3.75. The van der Waals surface area contributed by atoms with Crippen molar-refractivity contribution in [2.24, 2.45) is 5.92 Å². The number of nitrogens with one attached hydrogen (secondary N) is 2. The van der Waals surface area contributed by atoms with Gasteiger partial charge in [0.15, 0.2) is 0 Å². The van der Waals surface area contributed by atoms with Gasteiger partial charge in [0.05, 0.1) is 22.3 Å². The number of carbonyl (C=O) groups excluding carboxylic acids is 1. The minimum absolute atomic E-state index is 0.168. The first-order valence-electron chi connectivity index (χ1n) is 9.06. The highest BCUT2D eigenvalue weighted by Crippen LogP contribution is 2.36. The lowest BCUT2D eigenvalue weighted by Crippen LogP contribution is -2.34. The first kappa shape index (κ1) is 16.6. The van der Waals surface area contributed by atoms with Crippen LogP contribution in [0.5, 0.6) is 0 Å². The van der Waals surface area contributed by atoms with Crippen molar-refractivity contribution in [3.8, 4) is 0 Å². The lowest BCUT2D eigenvalue weighted by molar-refractivity contribution is 0.102. The number of aromatic amines is 1. The van der Waals surface area contributed by atoms with Crippen molar-refractivity contribution < 1.29 is 4.79 Å². The van der Waals surface area contributed by atoms with Crippen molar-refractivity contribution in [3.63, 3.8) is 0 Å². The molecule has 26 heavy (non-hydrogen) atoms. The molecule has 0 saturated carbocycles. The van der Waals surface area contributed by atoms with Gasteiger partial charge in [-0.3, -0.25) is 9.78 Å². The highest BCUT2D eigenvalue weighted by atomic mass is 16.1. The Morgan fingerprint density at radius 2 is 2.27 bits per heavy atom. The van der Waals surface area contributed by atoms with Crippen molar-refractivity contribution in [2.75, 3.05) is 23.3 Å². The monoisotopic (exact) mass is 349 g/mol. The summed E-state index contributed by atoms with van der Waals surface area (Å²) in [6.45, 7) is 6.44. The van der Waals surface area contributed by atoms with Gasteiger partial charge in [-0.05, 0) is 43.4 Å². The SMILES string of the molecule is Cc1cnc2[nH]cc(NC(=O)c3cccnc3)c2c1N1CCC[C@@H](C)C1. The molecule has 0 bridgehead atoms. The predicted molar refractivity (Wildman–Crippen MR) is 104 cm³/mol. The maximum atomic E-state index is 12.6. The molecule has 4 rings (SSSR count). The fraction of sp³-hybridized carbons (Fsp3) is 0.350. The van der Waals surface area contributed by atoms with Crippen LogP contribution in [-0.2, 0) is 0 Å². The lowest BCUT2D eigenvalue weighted by Gasteiger charge is -2.34. The van der Waals surface area contributed by atoms with E-state index in [1.807, 2.05) is 12.4 Å². The number of H-pyrrole nitrogens is 1. The van der Waals surface area contributed by atoms with Crippen LogP contribution in [0.1, 0.15) is 35.7 Å². The van der Waals surface area contributed by atoms with Gasteiger partial charge in [-0.15, -0.1) is 0 Å². The van der Waals surface area contributed by atoms with Crippen LogP contribution in [0.2, 0.25) is 0 Å². The summed E-state index contributed by atoms with van der Waals surface area (Å²) in [6.07, 6.45) is 9.41. The van der Waals surface area contributed by atoms with Crippen molar-refractivity contribution in [1.29, 1.82) is 0 Å². The van der Waals surface area contributed by atoms with E-state index in [9.17, 15) is 4.79 Å². The van der Waals surface area contributed by atoms with Gasteiger partial charge in [0.25, 0.3) is 5.91 Å². The van der Waals surface area contributed by atoms with Gasteiger partial charge in [-0.25, -0.2) is 4.98 Å². The van der Waals surface area contributed by atoms with Crippen LogP contribution >= 0.6 is 0 Å². The Hall–Kier alpha value is -2.89. The molecular weight excluding hydrogens is 326 g/mol. The average Bonchev–Trinajstić information content (AvgIpc) is 3.05. The Morgan fingerprint density at radius 1 is 1.38 bits per heavy atom. The second kappa shape index (κ2) is 6.78. The Morgan fingerprint density at radius 3 is 3.04 bits per heavy atom. The summed E-state index contributed by atoms with van der Waals surface area (Å²) in [4.78, 5) is 26.7. The third kappa shape index (κ3) is 3.03. The molecule has 1 fully saturated rings. The summed E-state index contributed by atoms with van der Waals surface area (Å²) in [5.41, 5.74) is 4.39. The summed E-state index contributed by atoms with van der Waals surface area (Å²) in [5, 5.41) is 4.01. The van der Waals surface area contributed by atoms with Gasteiger partial charge in [0.2, 0.25) is 0 Å². The molecule has 0 aromatic carbocycles. The first-order valence-corrected chi connectivity index (χ1v) is 9.06. The van der Waals surface area contributed by atoms with Gasteiger partial charge < -0.3 is 15.2 Å². The molecule has 6 heteroatoms. The number of pyridine rings is 2. The molecule has 6 nitrogen and oxygen atoms in total. The molecule has 3 aromatic rings. The maximum absolute atomic E-state index is 12.6. The maximum Gasteiger partial charge on any atom is 0.257 e. The molecule has 0 aliphatic carbocycles. The molecule has 0 spiro atoms. The van der Waals surface area contributed by atoms with E-state index < -0.39 is 0 Å². The molecule has 1 aliphatic rings. The van der Waals surface area contributed by atoms with Crippen molar-refractivity contribution in [3.05, 3.63) is 48.0 Å². The quantitative estimate of drug-likeness (QED) is 0.755. The average molecular weight is 349 g/mol. The van der Waals surface area contributed by atoms with E-state index in [4.69, 9.17) is 0 Å². The van der Waals surface area contributed by atoms with Gasteiger partial charge in [-0.1, -0.05) is 6.92 Å². The summed E-state index contributed by atoms with van der Waals surface area (Å²) in [6, 6.07) is 3.52. The van der Waals surface area contributed by atoms with Crippen LogP contribution in [0.15, 0.2) is 36.9 Å². The summed E-state index contributed by atoms with van der Waals surface area (Å²) in [5.74, 6) is 0.497. The van der Waals surface area contributed by atoms with Crippen LogP contribution in [0, 0.1) is 12.8 Å². The minimum atomic E-state index is -0.168. The number of hydrogen-bond acceptors (Lipinski definition) is 4. The van der Waals surface area contributed by atoms with Crippen LogP contribution in [-0.4, -0.2) is 33.9 Å². The largest absolute Gasteiger partial charge is 0.370 e. The van der Waals surface area contributed by atoms with Gasteiger partial charge in [0, 0.05) is 37.9 Å². The molecule has 3 aromatic heterocycles. The minimum Gasteiger partial charge on any atom is -0.370 e. The van der Waals surface area contributed by atoms with E-state index in [-0.39, 0.29) is 5.91 Å². The summed E-state index contributed by atoms with van der Waals surface area (Å²) in [7, 11) is 0. The summed E-state index contributed by atoms with van der Waals surface area (Å²) < 4.78 is 0. The molecule has 4 heterocycles. The lowest BCUT2D eigenvalue weighted by atomic mass is 9.98. The van der Waals surface area contributed by atoms with E-state index in [1.54, 1.807) is 24.5 Å². The second-order valence-corrected chi connectivity index (χ2v) is 7.11. The molecule has 1 atom stereocenters. The number of amides is 1. The second-order valence-electron chi connectivity index (χ2n) is 7.11. The number of hydrogen-bond donors (Lipinski definition) is 2. The number of carbonyl (C=O) groups is 1. The fourth-order valence-corrected chi connectivity index (χ4v) is 3.76.